The second kappa shape index (κ2) is 7.30. The number of benzene rings is 2. The SMILES string of the molecule is F[B-](F)(F)F.c1ccc(N=Nc2ccccc2)cc1. The van der Waals surface area contributed by atoms with Crippen molar-refractivity contribution in [3.05, 3.63) is 60.7 Å². The third-order valence-corrected chi connectivity index (χ3v) is 1.79. The van der Waals surface area contributed by atoms with E-state index in [9.17, 15) is 17.3 Å². The Morgan fingerprint density at radius 3 is 1.11 bits per heavy atom. The molecule has 0 aliphatic carbocycles. The van der Waals surface area contributed by atoms with Gasteiger partial charge in [0.05, 0.1) is 11.4 Å². The zero-order valence-electron chi connectivity index (χ0n) is 9.76. The van der Waals surface area contributed by atoms with Crippen molar-refractivity contribution in [2.24, 2.45) is 10.2 Å². The van der Waals surface area contributed by atoms with Crippen LogP contribution in [0.2, 0.25) is 0 Å². The normalized spacial score (nSPS) is 10.9. The first kappa shape index (κ1) is 14.9. The summed E-state index contributed by atoms with van der Waals surface area (Å²) in [5.74, 6) is 0. The maximum absolute atomic E-state index is 9.75. The van der Waals surface area contributed by atoms with Crippen molar-refractivity contribution in [1.29, 1.82) is 0 Å². The smallest absolute Gasteiger partial charge is 0.418 e. The lowest BCUT2D eigenvalue weighted by molar-refractivity contribution is 0.368. The first-order chi connectivity index (χ1) is 8.95. The van der Waals surface area contributed by atoms with Gasteiger partial charge in [-0.2, -0.15) is 10.2 Å². The molecule has 0 saturated carbocycles. The largest absolute Gasteiger partial charge is 0.673 e. The summed E-state index contributed by atoms with van der Waals surface area (Å²) in [5, 5.41) is 8.20. The van der Waals surface area contributed by atoms with Crippen molar-refractivity contribution in [3.8, 4) is 0 Å². The molecule has 0 aliphatic heterocycles. The minimum absolute atomic E-state index is 0.872. The molecule has 100 valence electrons. The Kier molecular flexibility index (Phi) is 5.72. The van der Waals surface area contributed by atoms with E-state index in [1.54, 1.807) is 0 Å². The van der Waals surface area contributed by atoms with Gasteiger partial charge < -0.3 is 17.3 Å². The van der Waals surface area contributed by atoms with Crippen molar-refractivity contribution in [2.45, 2.75) is 0 Å². The third kappa shape index (κ3) is 8.53. The van der Waals surface area contributed by atoms with Crippen molar-refractivity contribution in [1.82, 2.24) is 0 Å². The van der Waals surface area contributed by atoms with Crippen molar-refractivity contribution in [2.75, 3.05) is 0 Å². The lowest BCUT2D eigenvalue weighted by atomic mass is 10.3. The quantitative estimate of drug-likeness (QED) is 0.396. The van der Waals surface area contributed by atoms with Gasteiger partial charge in [0.15, 0.2) is 0 Å². The standard InChI is InChI=1S/C12H10N2.BF4/c1-3-7-11(8-4-1)13-14-12-9-5-2-6-10-12;2-1(3,4)5/h1-10H;/q;-1. The molecular formula is C12H10BF4N2-. The molecule has 0 fully saturated rings. The van der Waals surface area contributed by atoms with Gasteiger partial charge in [-0.15, -0.1) is 0 Å². The summed E-state index contributed by atoms with van der Waals surface area (Å²) in [6.45, 7) is 0. The monoisotopic (exact) mass is 269 g/mol. The number of hydrogen-bond acceptors (Lipinski definition) is 2. The second-order valence-electron chi connectivity index (χ2n) is 3.37. The Morgan fingerprint density at radius 2 is 0.842 bits per heavy atom. The summed E-state index contributed by atoms with van der Waals surface area (Å²) in [4.78, 5) is 0. The fourth-order valence-electron chi connectivity index (χ4n) is 1.10. The van der Waals surface area contributed by atoms with Crippen LogP contribution in [-0.4, -0.2) is 7.25 Å². The van der Waals surface area contributed by atoms with Gasteiger partial charge >= 0.3 is 7.25 Å². The van der Waals surface area contributed by atoms with Gasteiger partial charge in [-0.3, -0.25) is 0 Å². The predicted molar refractivity (Wildman–Crippen MR) is 67.2 cm³/mol. The number of halogens is 4. The average molecular weight is 269 g/mol. The van der Waals surface area contributed by atoms with E-state index in [0.717, 1.165) is 11.4 Å². The highest BCUT2D eigenvalue weighted by Gasteiger charge is 2.20. The van der Waals surface area contributed by atoms with Crippen LogP contribution in [0.3, 0.4) is 0 Å². The van der Waals surface area contributed by atoms with Crippen molar-refractivity contribution >= 4 is 18.6 Å². The third-order valence-electron chi connectivity index (χ3n) is 1.79. The zero-order chi connectivity index (χ0) is 14.1. The van der Waals surface area contributed by atoms with Crippen LogP contribution in [0.4, 0.5) is 28.6 Å². The van der Waals surface area contributed by atoms with Gasteiger partial charge in [0, 0.05) is 0 Å². The maximum Gasteiger partial charge on any atom is 0.673 e. The van der Waals surface area contributed by atoms with Gasteiger partial charge in [0.25, 0.3) is 0 Å². The highest BCUT2D eigenvalue weighted by Crippen LogP contribution is 2.16. The Labute approximate surface area is 107 Å². The van der Waals surface area contributed by atoms with Gasteiger partial charge in [-0.05, 0) is 24.3 Å². The average Bonchev–Trinajstić information content (AvgIpc) is 2.37. The van der Waals surface area contributed by atoms with Crippen LogP contribution in [0.1, 0.15) is 0 Å². The van der Waals surface area contributed by atoms with Crippen LogP contribution < -0.4 is 0 Å². The lowest BCUT2D eigenvalue weighted by Gasteiger charge is -1.94. The van der Waals surface area contributed by atoms with E-state index < -0.39 is 7.25 Å². The van der Waals surface area contributed by atoms with Crippen LogP contribution >= 0.6 is 0 Å². The van der Waals surface area contributed by atoms with E-state index in [1.807, 2.05) is 60.7 Å². The topological polar surface area (TPSA) is 24.7 Å². The molecule has 0 aliphatic rings. The second-order valence-corrected chi connectivity index (χ2v) is 3.37. The highest BCUT2D eigenvalue weighted by atomic mass is 19.5. The van der Waals surface area contributed by atoms with Gasteiger partial charge in [-0.25, -0.2) is 0 Å². The van der Waals surface area contributed by atoms with E-state index in [2.05, 4.69) is 10.2 Å². The van der Waals surface area contributed by atoms with E-state index in [1.165, 1.54) is 0 Å². The summed E-state index contributed by atoms with van der Waals surface area (Å²) < 4.78 is 39.0. The molecule has 0 unspecified atom stereocenters. The van der Waals surface area contributed by atoms with Gasteiger partial charge in [-0.1, -0.05) is 36.4 Å². The molecule has 7 heteroatoms. The van der Waals surface area contributed by atoms with Crippen molar-refractivity contribution in [3.63, 3.8) is 0 Å². The van der Waals surface area contributed by atoms with Gasteiger partial charge in [0.1, 0.15) is 0 Å². The molecule has 0 bridgehead atoms. The molecule has 0 saturated heterocycles. The fraction of sp³-hybridized carbons (Fsp3) is 0. The Balaban J connectivity index is 0.000000312. The Bertz CT molecular complexity index is 453. The number of hydrogen-bond donors (Lipinski definition) is 0. The number of nitrogens with zero attached hydrogens (tertiary/aromatic N) is 2. The summed E-state index contributed by atoms with van der Waals surface area (Å²) in [5.41, 5.74) is 1.74. The van der Waals surface area contributed by atoms with E-state index in [4.69, 9.17) is 0 Å². The summed E-state index contributed by atoms with van der Waals surface area (Å²) in [7, 11) is -6.00. The lowest BCUT2D eigenvalue weighted by Crippen LogP contribution is -2.02. The molecule has 0 spiro atoms. The zero-order valence-corrected chi connectivity index (χ0v) is 9.76. The first-order valence-corrected chi connectivity index (χ1v) is 5.34. The van der Waals surface area contributed by atoms with Crippen LogP contribution in [0.5, 0.6) is 0 Å². The highest BCUT2D eigenvalue weighted by molar-refractivity contribution is 6.50. The Morgan fingerprint density at radius 1 is 0.579 bits per heavy atom. The first-order valence-electron chi connectivity index (χ1n) is 5.34. The molecule has 2 rings (SSSR count). The number of azo groups is 1. The van der Waals surface area contributed by atoms with Gasteiger partial charge in [0.2, 0.25) is 0 Å². The molecule has 19 heavy (non-hydrogen) atoms. The molecule has 0 N–H and O–H groups in total. The van der Waals surface area contributed by atoms with E-state index >= 15 is 0 Å². The minimum atomic E-state index is -6.00. The molecule has 2 nitrogen and oxygen atoms in total. The summed E-state index contributed by atoms with van der Waals surface area (Å²) >= 11 is 0. The molecule has 0 radical (unpaired) electrons. The fourth-order valence-corrected chi connectivity index (χ4v) is 1.10. The molecule has 2 aromatic rings. The molecule has 0 atom stereocenters. The molecule has 0 heterocycles. The molecular weight excluding hydrogens is 259 g/mol. The predicted octanol–water partition coefficient (Wildman–Crippen LogP) is 5.40. The Hall–Kier alpha value is -2.18. The molecule has 0 amide bonds. The minimum Gasteiger partial charge on any atom is -0.418 e. The summed E-state index contributed by atoms with van der Waals surface area (Å²) in [6.07, 6.45) is 0. The number of rotatable bonds is 2. The van der Waals surface area contributed by atoms with Crippen LogP contribution in [0.25, 0.3) is 0 Å². The van der Waals surface area contributed by atoms with Crippen LogP contribution in [0, 0.1) is 0 Å². The van der Waals surface area contributed by atoms with Crippen molar-refractivity contribution < 1.29 is 17.3 Å². The summed E-state index contributed by atoms with van der Waals surface area (Å²) in [6, 6.07) is 19.4. The van der Waals surface area contributed by atoms with Crippen LogP contribution in [-0.2, 0) is 0 Å². The molecule has 2 aromatic carbocycles. The van der Waals surface area contributed by atoms with E-state index in [0.29, 0.717) is 0 Å². The maximum atomic E-state index is 9.75. The van der Waals surface area contributed by atoms with E-state index in [-0.39, 0.29) is 0 Å². The molecule has 0 aromatic heterocycles. The van der Waals surface area contributed by atoms with Crippen LogP contribution in [0.15, 0.2) is 70.9 Å².